The number of benzene rings is 2. The van der Waals surface area contributed by atoms with E-state index in [9.17, 15) is 0 Å². The molecule has 0 fully saturated rings. The van der Waals surface area contributed by atoms with Gasteiger partial charge in [0.15, 0.2) is 0 Å². The number of nitrogens with zero attached hydrogens (tertiary/aromatic N) is 2. The Bertz CT molecular complexity index is 1040. The van der Waals surface area contributed by atoms with Crippen molar-refractivity contribution >= 4 is 44.3 Å². The third-order valence-corrected chi connectivity index (χ3v) is 4.65. The second kappa shape index (κ2) is 4.72. The maximum absolute atomic E-state index is 6.58. The molecule has 4 aromatic rings. The van der Waals surface area contributed by atoms with Gasteiger partial charge in [-0.3, -0.25) is 4.98 Å². The van der Waals surface area contributed by atoms with Crippen LogP contribution in [0.5, 0.6) is 0 Å². The molecule has 2 nitrogen and oxygen atoms in total. The molecule has 2 aromatic heterocycles. The fourth-order valence-electron chi connectivity index (χ4n) is 3.45. The second-order valence-electron chi connectivity index (χ2n) is 5.86. The first-order valence-electron chi connectivity index (χ1n) is 7.58. The maximum Gasteiger partial charge on any atom is 0.0727 e. The molecule has 22 heavy (non-hydrogen) atoms. The minimum atomic E-state index is 0.782. The third-order valence-electron chi connectivity index (χ3n) is 4.35. The molecular formula is C19H17ClN2. The van der Waals surface area contributed by atoms with Crippen molar-refractivity contribution in [2.24, 2.45) is 0 Å². The SMILES string of the molecule is CCn1c2ccc(C)cc2c2c3c(Cl)cc(C)nc3ccc21. The Balaban J connectivity index is 2.35. The van der Waals surface area contributed by atoms with Crippen molar-refractivity contribution in [2.75, 3.05) is 0 Å². The van der Waals surface area contributed by atoms with E-state index in [2.05, 4.69) is 53.7 Å². The van der Waals surface area contributed by atoms with Crippen molar-refractivity contribution in [3.8, 4) is 0 Å². The number of rotatable bonds is 1. The van der Waals surface area contributed by atoms with Crippen LogP contribution in [0.15, 0.2) is 36.4 Å². The van der Waals surface area contributed by atoms with E-state index >= 15 is 0 Å². The molecule has 0 aliphatic heterocycles. The van der Waals surface area contributed by atoms with E-state index in [0.717, 1.165) is 28.2 Å². The smallest absolute Gasteiger partial charge is 0.0727 e. The monoisotopic (exact) mass is 308 g/mol. The predicted molar refractivity (Wildman–Crippen MR) is 94.9 cm³/mol. The molecule has 0 saturated heterocycles. The van der Waals surface area contributed by atoms with E-state index in [0.29, 0.717) is 0 Å². The number of aromatic nitrogens is 2. The molecule has 0 aliphatic carbocycles. The Hall–Kier alpha value is -2.06. The van der Waals surface area contributed by atoms with Gasteiger partial charge in [0.2, 0.25) is 0 Å². The van der Waals surface area contributed by atoms with Crippen molar-refractivity contribution in [3.63, 3.8) is 0 Å². The fraction of sp³-hybridized carbons (Fsp3) is 0.211. The van der Waals surface area contributed by atoms with Gasteiger partial charge in [-0.25, -0.2) is 0 Å². The summed E-state index contributed by atoms with van der Waals surface area (Å²) in [6, 6.07) is 12.8. The van der Waals surface area contributed by atoms with E-state index in [1.54, 1.807) is 0 Å². The van der Waals surface area contributed by atoms with Crippen LogP contribution in [0.3, 0.4) is 0 Å². The van der Waals surface area contributed by atoms with Gasteiger partial charge in [0, 0.05) is 39.4 Å². The van der Waals surface area contributed by atoms with Crippen LogP contribution in [0.1, 0.15) is 18.2 Å². The Kier molecular flexibility index (Phi) is 2.92. The lowest BCUT2D eigenvalue weighted by molar-refractivity contribution is 0.827. The normalized spacial score (nSPS) is 11.8. The Morgan fingerprint density at radius 2 is 1.77 bits per heavy atom. The summed E-state index contributed by atoms with van der Waals surface area (Å²) in [5.41, 5.74) is 5.66. The lowest BCUT2D eigenvalue weighted by atomic mass is 10.1. The quantitative estimate of drug-likeness (QED) is 0.445. The van der Waals surface area contributed by atoms with Crippen LogP contribution >= 0.6 is 11.6 Å². The molecule has 110 valence electrons. The van der Waals surface area contributed by atoms with Gasteiger partial charge in [0.25, 0.3) is 0 Å². The standard InChI is InChI=1S/C19H17ClN2/c1-4-22-16-7-5-11(2)9-13(16)18-17(22)8-6-15-19(18)14(20)10-12(3)21-15/h5-10H,4H2,1-3H3. The van der Waals surface area contributed by atoms with E-state index in [1.165, 1.54) is 27.4 Å². The Labute approximate surface area is 134 Å². The van der Waals surface area contributed by atoms with Crippen molar-refractivity contribution < 1.29 is 0 Å². The average molecular weight is 309 g/mol. The van der Waals surface area contributed by atoms with Gasteiger partial charge in [0.05, 0.1) is 10.5 Å². The Morgan fingerprint density at radius 3 is 2.55 bits per heavy atom. The minimum absolute atomic E-state index is 0.782. The van der Waals surface area contributed by atoms with Crippen LogP contribution in [-0.4, -0.2) is 9.55 Å². The molecule has 2 heterocycles. The summed E-state index contributed by atoms with van der Waals surface area (Å²) >= 11 is 6.58. The fourth-order valence-corrected chi connectivity index (χ4v) is 3.80. The van der Waals surface area contributed by atoms with Gasteiger partial charge in [-0.15, -0.1) is 0 Å². The molecule has 0 amide bonds. The lowest BCUT2D eigenvalue weighted by Crippen LogP contribution is -1.93. The van der Waals surface area contributed by atoms with Crippen molar-refractivity contribution in [1.82, 2.24) is 9.55 Å². The number of pyridine rings is 1. The van der Waals surface area contributed by atoms with Crippen LogP contribution in [0, 0.1) is 13.8 Å². The van der Waals surface area contributed by atoms with Crippen molar-refractivity contribution in [1.29, 1.82) is 0 Å². The number of fused-ring (bicyclic) bond motifs is 5. The summed E-state index contributed by atoms with van der Waals surface area (Å²) in [6.45, 7) is 7.22. The maximum atomic E-state index is 6.58. The zero-order valence-corrected chi connectivity index (χ0v) is 13.7. The van der Waals surface area contributed by atoms with Gasteiger partial charge < -0.3 is 4.57 Å². The second-order valence-corrected chi connectivity index (χ2v) is 6.27. The molecule has 0 bridgehead atoms. The molecule has 0 unspecified atom stereocenters. The van der Waals surface area contributed by atoms with E-state index in [-0.39, 0.29) is 0 Å². The van der Waals surface area contributed by atoms with Gasteiger partial charge >= 0.3 is 0 Å². The molecule has 0 radical (unpaired) electrons. The van der Waals surface area contributed by atoms with E-state index in [1.807, 2.05) is 13.0 Å². The molecule has 2 aromatic carbocycles. The van der Waals surface area contributed by atoms with E-state index in [4.69, 9.17) is 11.6 Å². The van der Waals surface area contributed by atoms with Crippen LogP contribution in [-0.2, 0) is 6.54 Å². The number of hydrogen-bond acceptors (Lipinski definition) is 1. The average Bonchev–Trinajstić information content (AvgIpc) is 2.79. The highest BCUT2D eigenvalue weighted by Crippen LogP contribution is 2.37. The summed E-state index contributed by atoms with van der Waals surface area (Å²) < 4.78 is 2.35. The number of halogens is 1. The number of aryl methyl sites for hydroxylation is 3. The molecule has 0 N–H and O–H groups in total. The van der Waals surface area contributed by atoms with Crippen LogP contribution in [0.2, 0.25) is 5.02 Å². The minimum Gasteiger partial charge on any atom is -0.341 e. The molecule has 4 rings (SSSR count). The Morgan fingerprint density at radius 1 is 1.00 bits per heavy atom. The largest absolute Gasteiger partial charge is 0.341 e. The first-order chi connectivity index (χ1) is 10.6. The highest BCUT2D eigenvalue weighted by Gasteiger charge is 2.15. The zero-order valence-electron chi connectivity index (χ0n) is 12.9. The molecule has 0 saturated carbocycles. The molecule has 0 aliphatic rings. The molecule has 0 spiro atoms. The summed E-state index contributed by atoms with van der Waals surface area (Å²) in [4.78, 5) is 4.66. The van der Waals surface area contributed by atoms with Gasteiger partial charge in [-0.05, 0) is 51.1 Å². The highest BCUT2D eigenvalue weighted by atomic mass is 35.5. The zero-order chi connectivity index (χ0) is 15.4. The molecular weight excluding hydrogens is 292 g/mol. The summed E-state index contributed by atoms with van der Waals surface area (Å²) in [7, 11) is 0. The third kappa shape index (κ3) is 1.77. The van der Waals surface area contributed by atoms with Crippen molar-refractivity contribution in [3.05, 3.63) is 52.7 Å². The predicted octanol–water partition coefficient (Wildman–Crippen LogP) is 5.63. The first-order valence-corrected chi connectivity index (χ1v) is 7.96. The molecule has 0 atom stereocenters. The van der Waals surface area contributed by atoms with Gasteiger partial charge in [-0.2, -0.15) is 0 Å². The van der Waals surface area contributed by atoms with Crippen molar-refractivity contribution in [2.45, 2.75) is 27.3 Å². The van der Waals surface area contributed by atoms with Crippen LogP contribution < -0.4 is 0 Å². The lowest BCUT2D eigenvalue weighted by Gasteiger charge is -2.06. The highest BCUT2D eigenvalue weighted by molar-refractivity contribution is 6.39. The van der Waals surface area contributed by atoms with Crippen LogP contribution in [0.25, 0.3) is 32.7 Å². The van der Waals surface area contributed by atoms with Gasteiger partial charge in [0.1, 0.15) is 0 Å². The summed E-state index contributed by atoms with van der Waals surface area (Å²) in [5, 5.41) is 4.32. The summed E-state index contributed by atoms with van der Waals surface area (Å²) in [6.07, 6.45) is 0. The van der Waals surface area contributed by atoms with Gasteiger partial charge in [-0.1, -0.05) is 23.2 Å². The van der Waals surface area contributed by atoms with Crippen LogP contribution in [0.4, 0.5) is 0 Å². The van der Waals surface area contributed by atoms with E-state index < -0.39 is 0 Å². The summed E-state index contributed by atoms with van der Waals surface area (Å²) in [5.74, 6) is 0. The first kappa shape index (κ1) is 13.6. The topological polar surface area (TPSA) is 17.8 Å². The molecule has 3 heteroatoms. The number of hydrogen-bond donors (Lipinski definition) is 0.